The molecule has 2 N–H and O–H groups in total. The van der Waals surface area contributed by atoms with Crippen LogP contribution in [0.2, 0.25) is 0 Å². The summed E-state index contributed by atoms with van der Waals surface area (Å²) in [6.07, 6.45) is -2.59. The monoisotopic (exact) mass is 201 g/mol. The highest BCUT2D eigenvalue weighted by atomic mass is 33.1. The summed E-state index contributed by atoms with van der Waals surface area (Å²) >= 11 is 2.55. The first-order chi connectivity index (χ1) is 4.68. The van der Waals surface area contributed by atoms with E-state index >= 15 is 0 Å². The first kappa shape index (κ1) is 11.0. The van der Waals surface area contributed by atoms with Gasteiger partial charge < -0.3 is 0 Å². The van der Waals surface area contributed by atoms with Crippen molar-refractivity contribution in [1.82, 2.24) is 0 Å². The van der Waals surface area contributed by atoms with Crippen LogP contribution >= 0.6 is 28.9 Å². The van der Waals surface area contributed by atoms with Crippen molar-refractivity contribution in [3.05, 3.63) is 0 Å². The van der Waals surface area contributed by atoms with E-state index in [-0.39, 0.29) is 0 Å². The van der Waals surface area contributed by atoms with Gasteiger partial charge in [-0.1, -0.05) is 18.5 Å². The largest absolute Gasteiger partial charge is 0.463 e. The van der Waals surface area contributed by atoms with Gasteiger partial charge in [-0.15, -0.1) is 0 Å². The van der Waals surface area contributed by atoms with Crippen LogP contribution in [0, 0.1) is 0 Å². The van der Waals surface area contributed by atoms with E-state index in [9.17, 15) is 4.89 Å². The number of hydrogen-bond donors (Lipinski definition) is 1. The maximum Gasteiger partial charge on any atom is 0.463 e. The van der Waals surface area contributed by atoms with Crippen molar-refractivity contribution in [3.8, 4) is 0 Å². The van der Waals surface area contributed by atoms with E-state index < -0.39 is 6.12 Å². The van der Waals surface area contributed by atoms with Crippen molar-refractivity contribution in [2.45, 2.75) is 13.8 Å². The molecule has 0 saturated carbocycles. The Hall–Kier alpha value is 1.01. The third-order valence-electron chi connectivity index (χ3n) is 0.704. The third-order valence-corrected chi connectivity index (χ3v) is 7.97. The van der Waals surface area contributed by atoms with Crippen LogP contribution < -0.4 is 5.90 Å². The molecule has 0 aromatic heterocycles. The normalized spacial score (nSPS) is 12.0. The molecule has 1 radical (unpaired) electrons. The quantitative estimate of drug-likeness (QED) is 0.548. The highest BCUT2D eigenvalue weighted by molar-refractivity contribution is 8.91. The highest BCUT2D eigenvalue weighted by Gasteiger charge is 2.44. The molecule has 0 saturated heterocycles. The lowest BCUT2D eigenvalue weighted by Gasteiger charge is -2.05. The minimum atomic E-state index is -2.59. The van der Waals surface area contributed by atoms with Gasteiger partial charge in [0.15, 0.2) is 0 Å². The second kappa shape index (κ2) is 5.63. The second-order valence-electron chi connectivity index (χ2n) is 1.39. The fraction of sp³-hybridized carbons (Fsp3) is 1.00. The van der Waals surface area contributed by atoms with Crippen LogP contribution in [-0.4, -0.2) is 11.5 Å². The van der Waals surface area contributed by atoms with Gasteiger partial charge in [-0.05, 0) is 0 Å². The van der Waals surface area contributed by atoms with Crippen LogP contribution in [-0.2, 0) is 9.52 Å². The van der Waals surface area contributed by atoms with Gasteiger partial charge in [0, 0.05) is 16.4 Å². The Balaban J connectivity index is 3.69. The fourth-order valence-electron chi connectivity index (χ4n) is 0.414. The van der Waals surface area contributed by atoms with E-state index in [0.29, 0.717) is 0 Å². The van der Waals surface area contributed by atoms with Gasteiger partial charge >= 0.3 is 6.12 Å². The molecular weight excluding hydrogens is 189 g/mol. The van der Waals surface area contributed by atoms with Crippen molar-refractivity contribution in [1.29, 1.82) is 0 Å². The SMILES string of the molecule is CCS[P+]([O])(ON)SCC. The van der Waals surface area contributed by atoms with Gasteiger partial charge in [0.1, 0.15) is 0 Å². The summed E-state index contributed by atoms with van der Waals surface area (Å²) in [5.74, 6) is 6.41. The zero-order valence-electron chi connectivity index (χ0n) is 6.07. The predicted octanol–water partition coefficient (Wildman–Crippen LogP) is 2.49. The van der Waals surface area contributed by atoms with Crippen molar-refractivity contribution in [2.24, 2.45) is 5.90 Å². The lowest BCUT2D eigenvalue weighted by atomic mass is 11.0. The molecule has 6 heteroatoms. The van der Waals surface area contributed by atoms with Crippen LogP contribution in [0.3, 0.4) is 0 Å². The van der Waals surface area contributed by atoms with Crippen molar-refractivity contribution in [2.75, 3.05) is 11.5 Å². The summed E-state index contributed by atoms with van der Waals surface area (Å²) in [4.78, 5) is 11.4. The smallest absolute Gasteiger partial charge is 0.170 e. The third kappa shape index (κ3) is 4.01. The maximum atomic E-state index is 11.4. The maximum absolute atomic E-state index is 11.4. The van der Waals surface area contributed by atoms with Crippen molar-refractivity contribution < 1.29 is 9.52 Å². The summed E-state index contributed by atoms with van der Waals surface area (Å²) in [5, 5.41) is 0. The molecule has 0 bridgehead atoms. The Morgan fingerprint density at radius 3 is 2.00 bits per heavy atom. The first-order valence-corrected chi connectivity index (χ1v) is 7.76. The first-order valence-electron chi connectivity index (χ1n) is 2.96. The minimum Gasteiger partial charge on any atom is -0.170 e. The van der Waals surface area contributed by atoms with Gasteiger partial charge in [0.25, 0.3) is 0 Å². The van der Waals surface area contributed by atoms with E-state index in [4.69, 9.17) is 5.90 Å². The van der Waals surface area contributed by atoms with Gasteiger partial charge in [-0.2, -0.15) is 5.90 Å². The summed E-state index contributed by atoms with van der Waals surface area (Å²) in [6, 6.07) is 0. The fourth-order valence-corrected chi connectivity index (χ4v) is 6.30. The van der Waals surface area contributed by atoms with Crippen LogP contribution in [0.5, 0.6) is 0 Å². The Morgan fingerprint density at radius 1 is 1.40 bits per heavy atom. The van der Waals surface area contributed by atoms with Gasteiger partial charge in [0.2, 0.25) is 0 Å². The Bertz CT molecular complexity index is 89.3. The molecule has 0 aliphatic carbocycles. The molecule has 0 spiro atoms. The summed E-state index contributed by atoms with van der Waals surface area (Å²) in [7, 11) is 0. The molecule has 10 heavy (non-hydrogen) atoms. The standard InChI is InChI=1S/C4H12NO2PS2/c1-3-9-8(6,7-5)10-4-2/h3-5H2,1-2H3/q+1. The minimum absolute atomic E-state index is 0.765. The summed E-state index contributed by atoms with van der Waals surface area (Å²) in [6.45, 7) is 3.85. The molecule has 61 valence electrons. The molecule has 0 heterocycles. The molecular formula is C4H12NO2PS2+. The Morgan fingerprint density at radius 2 is 1.80 bits per heavy atom. The van der Waals surface area contributed by atoms with E-state index in [0.717, 1.165) is 11.5 Å². The van der Waals surface area contributed by atoms with Crippen LogP contribution in [0.4, 0.5) is 0 Å². The zero-order valence-corrected chi connectivity index (χ0v) is 8.60. The number of hydrogen-bond acceptors (Lipinski definition) is 4. The van der Waals surface area contributed by atoms with Crippen molar-refractivity contribution >= 4 is 28.9 Å². The number of nitrogens with two attached hydrogens (primary N) is 1. The predicted molar refractivity (Wildman–Crippen MR) is 49.1 cm³/mol. The molecule has 0 fully saturated rings. The average Bonchev–Trinajstić information content (AvgIpc) is 1.89. The lowest BCUT2D eigenvalue weighted by Crippen LogP contribution is -1.96. The highest BCUT2D eigenvalue weighted by Crippen LogP contribution is 2.76. The molecule has 0 unspecified atom stereocenters. The van der Waals surface area contributed by atoms with Gasteiger partial charge in [0.05, 0.1) is 22.8 Å². The topological polar surface area (TPSA) is 55.1 Å². The van der Waals surface area contributed by atoms with E-state index in [2.05, 4.69) is 4.62 Å². The van der Waals surface area contributed by atoms with E-state index in [1.54, 1.807) is 0 Å². The molecule has 0 aliphatic rings. The molecule has 0 atom stereocenters. The molecule has 0 rings (SSSR count). The molecule has 0 aliphatic heterocycles. The molecule has 0 amide bonds. The van der Waals surface area contributed by atoms with Gasteiger partial charge in [-0.3, -0.25) is 0 Å². The molecule has 0 aromatic carbocycles. The Kier molecular flexibility index (Phi) is 6.20. The van der Waals surface area contributed by atoms with Crippen LogP contribution in [0.15, 0.2) is 0 Å². The van der Waals surface area contributed by atoms with Crippen molar-refractivity contribution in [3.63, 3.8) is 0 Å². The van der Waals surface area contributed by atoms with E-state index in [1.165, 1.54) is 22.8 Å². The zero-order chi connectivity index (χ0) is 8.04. The lowest BCUT2D eigenvalue weighted by molar-refractivity contribution is 0.305. The van der Waals surface area contributed by atoms with Crippen LogP contribution in [0.25, 0.3) is 0 Å². The van der Waals surface area contributed by atoms with Gasteiger partial charge in [-0.25, -0.2) is 0 Å². The summed E-state index contributed by atoms with van der Waals surface area (Å²) in [5.41, 5.74) is 0. The second-order valence-corrected chi connectivity index (χ2v) is 9.29. The molecule has 3 nitrogen and oxygen atoms in total. The van der Waals surface area contributed by atoms with E-state index in [1.807, 2.05) is 13.8 Å². The number of rotatable bonds is 5. The van der Waals surface area contributed by atoms with Crippen LogP contribution in [0.1, 0.15) is 13.8 Å². The summed E-state index contributed by atoms with van der Waals surface area (Å²) < 4.78 is 4.40. The molecule has 0 aromatic rings. The Labute approximate surface area is 70.0 Å². The average molecular weight is 201 g/mol.